The minimum atomic E-state index is -0.915. The van der Waals surface area contributed by atoms with E-state index in [4.69, 9.17) is 14.2 Å². The quantitative estimate of drug-likeness (QED) is 0.762. The number of rotatable bonds is 6. The maximum Gasteiger partial charge on any atom is 0.327 e. The van der Waals surface area contributed by atoms with Crippen LogP contribution in [0, 0.1) is 0 Å². The Labute approximate surface area is 144 Å². The fraction of sp³-hybridized carbons (Fsp3) is 0.529. The van der Waals surface area contributed by atoms with Gasteiger partial charge in [0.1, 0.15) is 6.04 Å². The third kappa shape index (κ3) is 3.03. The fourth-order valence-corrected chi connectivity index (χ4v) is 3.46. The maximum absolute atomic E-state index is 12.2. The smallest absolute Gasteiger partial charge is 0.327 e. The first-order chi connectivity index (χ1) is 12.1. The summed E-state index contributed by atoms with van der Waals surface area (Å²) in [6.45, 7) is 1.13. The number of aliphatic hydroxyl groups is 1. The largest absolute Gasteiger partial charge is 0.454 e. The predicted octanol–water partition coefficient (Wildman–Crippen LogP) is 0.719. The number of amides is 3. The average Bonchev–Trinajstić information content (AvgIpc) is 3.30. The molecule has 1 aromatic rings. The van der Waals surface area contributed by atoms with Gasteiger partial charge >= 0.3 is 6.03 Å². The molecule has 3 amide bonds. The molecule has 3 aliphatic rings. The van der Waals surface area contributed by atoms with Crippen LogP contribution in [0.15, 0.2) is 18.2 Å². The van der Waals surface area contributed by atoms with E-state index in [9.17, 15) is 14.7 Å². The summed E-state index contributed by atoms with van der Waals surface area (Å²) in [5, 5.41) is 10.1. The Kier molecular flexibility index (Phi) is 4.22. The fourth-order valence-electron chi connectivity index (χ4n) is 3.46. The van der Waals surface area contributed by atoms with Gasteiger partial charge in [0.15, 0.2) is 11.5 Å². The highest BCUT2D eigenvalue weighted by atomic mass is 16.7. The van der Waals surface area contributed by atoms with Crippen LogP contribution in [0.4, 0.5) is 4.79 Å². The highest BCUT2D eigenvalue weighted by Crippen LogP contribution is 2.32. The van der Waals surface area contributed by atoms with Crippen LogP contribution in [0.2, 0.25) is 0 Å². The van der Waals surface area contributed by atoms with Crippen molar-refractivity contribution in [1.29, 1.82) is 0 Å². The molecule has 4 rings (SSSR count). The molecule has 134 valence electrons. The number of hydrogen-bond acceptors (Lipinski definition) is 6. The molecule has 0 bridgehead atoms. The second kappa shape index (κ2) is 6.53. The molecule has 0 radical (unpaired) electrons. The number of ether oxygens (including phenoxy) is 3. The molecule has 3 aliphatic heterocycles. The number of imide groups is 1. The average molecular weight is 348 g/mol. The van der Waals surface area contributed by atoms with Crippen molar-refractivity contribution in [1.82, 2.24) is 9.80 Å². The minimum Gasteiger partial charge on any atom is -0.454 e. The zero-order valence-corrected chi connectivity index (χ0v) is 13.7. The monoisotopic (exact) mass is 348 g/mol. The van der Waals surface area contributed by atoms with Crippen LogP contribution in [0.1, 0.15) is 18.4 Å². The van der Waals surface area contributed by atoms with Gasteiger partial charge in [-0.05, 0) is 30.5 Å². The lowest BCUT2D eigenvalue weighted by Crippen LogP contribution is -2.40. The molecule has 25 heavy (non-hydrogen) atoms. The molecule has 8 heteroatoms. The van der Waals surface area contributed by atoms with E-state index in [-0.39, 0.29) is 37.9 Å². The lowest BCUT2D eigenvalue weighted by atomic mass is 10.2. The van der Waals surface area contributed by atoms with Gasteiger partial charge in [-0.1, -0.05) is 6.07 Å². The van der Waals surface area contributed by atoms with Gasteiger partial charge in [-0.2, -0.15) is 0 Å². The number of benzene rings is 1. The zero-order valence-electron chi connectivity index (χ0n) is 13.7. The Balaban J connectivity index is 1.26. The van der Waals surface area contributed by atoms with Crippen molar-refractivity contribution < 1.29 is 28.9 Å². The van der Waals surface area contributed by atoms with Gasteiger partial charge in [0, 0.05) is 6.54 Å². The van der Waals surface area contributed by atoms with Crippen LogP contribution in [-0.2, 0) is 16.1 Å². The molecular formula is C17H20N2O6. The lowest BCUT2D eigenvalue weighted by Gasteiger charge is -2.19. The molecule has 0 unspecified atom stereocenters. The summed E-state index contributed by atoms with van der Waals surface area (Å²) < 4.78 is 16.1. The highest BCUT2D eigenvalue weighted by molar-refractivity contribution is 6.04. The molecule has 2 fully saturated rings. The van der Waals surface area contributed by atoms with E-state index >= 15 is 0 Å². The number of aliphatic hydroxyl groups excluding tert-OH is 1. The second-order valence-electron chi connectivity index (χ2n) is 6.44. The number of fused-ring (bicyclic) bond motifs is 2. The topological polar surface area (TPSA) is 88.5 Å². The van der Waals surface area contributed by atoms with Crippen LogP contribution in [0.5, 0.6) is 11.5 Å². The van der Waals surface area contributed by atoms with E-state index < -0.39 is 6.10 Å². The van der Waals surface area contributed by atoms with Crippen LogP contribution in [-0.4, -0.2) is 65.5 Å². The van der Waals surface area contributed by atoms with Gasteiger partial charge in [-0.15, -0.1) is 0 Å². The summed E-state index contributed by atoms with van der Waals surface area (Å²) in [7, 11) is 0. The minimum absolute atomic E-state index is 0.0359. The Morgan fingerprint density at radius 1 is 1.28 bits per heavy atom. The predicted molar refractivity (Wildman–Crippen MR) is 85.1 cm³/mol. The van der Waals surface area contributed by atoms with Gasteiger partial charge in [-0.25, -0.2) is 4.79 Å². The summed E-state index contributed by atoms with van der Waals surface area (Å²) in [6, 6.07) is 4.86. The van der Waals surface area contributed by atoms with Crippen molar-refractivity contribution in [3.63, 3.8) is 0 Å². The normalized spacial score (nSPS) is 22.7. The van der Waals surface area contributed by atoms with Crippen molar-refractivity contribution in [3.8, 4) is 11.5 Å². The van der Waals surface area contributed by atoms with Gasteiger partial charge in [0.05, 0.1) is 25.9 Å². The first kappa shape index (κ1) is 16.2. The SMILES string of the molecule is O=C1[C@H]2CCCN2C(=O)N1C[C@@H](O)COCc1ccc2c(c1)OCO2. The molecule has 0 aromatic heterocycles. The summed E-state index contributed by atoms with van der Waals surface area (Å²) in [5.41, 5.74) is 0.894. The first-order valence-electron chi connectivity index (χ1n) is 8.40. The van der Waals surface area contributed by atoms with Crippen LogP contribution in [0.25, 0.3) is 0 Å². The zero-order chi connectivity index (χ0) is 17.4. The Hall–Kier alpha value is -2.32. The van der Waals surface area contributed by atoms with Gasteiger partial charge in [-0.3, -0.25) is 9.69 Å². The molecule has 1 N–H and O–H groups in total. The number of carbonyl (C=O) groups is 2. The van der Waals surface area contributed by atoms with Crippen LogP contribution < -0.4 is 9.47 Å². The lowest BCUT2D eigenvalue weighted by molar-refractivity contribution is -0.129. The van der Waals surface area contributed by atoms with E-state index in [1.807, 2.05) is 18.2 Å². The maximum atomic E-state index is 12.2. The van der Waals surface area contributed by atoms with Crippen molar-refractivity contribution in [2.45, 2.75) is 31.6 Å². The van der Waals surface area contributed by atoms with Crippen LogP contribution >= 0.6 is 0 Å². The number of β-amino-alcohol motifs (C(OH)–C–C–N with tert-alkyl or cyclic N) is 1. The molecule has 1 aromatic carbocycles. The standard InChI is InChI=1S/C17H20N2O6/c20-12(7-19-16(21)13-2-1-5-18(13)17(19)22)9-23-8-11-3-4-14-15(6-11)25-10-24-14/h3-4,6,12-13,20H,1-2,5,7-10H2/t12-,13-/m1/s1. The third-order valence-corrected chi connectivity index (χ3v) is 4.69. The Bertz CT molecular complexity index is 672. The van der Waals surface area contributed by atoms with Crippen molar-refractivity contribution >= 4 is 11.9 Å². The number of nitrogens with zero attached hydrogens (tertiary/aromatic N) is 2. The van der Waals surface area contributed by atoms with E-state index in [2.05, 4.69) is 0 Å². The number of hydrogen-bond donors (Lipinski definition) is 1. The van der Waals surface area contributed by atoms with Gasteiger partial charge in [0.25, 0.3) is 5.91 Å². The van der Waals surface area contributed by atoms with E-state index in [0.717, 1.165) is 16.9 Å². The van der Waals surface area contributed by atoms with E-state index in [1.165, 1.54) is 0 Å². The number of carbonyl (C=O) groups excluding carboxylic acids is 2. The van der Waals surface area contributed by atoms with Crippen molar-refractivity contribution in [2.75, 3.05) is 26.5 Å². The van der Waals surface area contributed by atoms with Gasteiger partial charge < -0.3 is 24.2 Å². The molecule has 0 spiro atoms. The summed E-state index contributed by atoms with van der Waals surface area (Å²) in [6.07, 6.45) is 0.650. The Morgan fingerprint density at radius 2 is 2.12 bits per heavy atom. The van der Waals surface area contributed by atoms with Crippen molar-refractivity contribution in [2.24, 2.45) is 0 Å². The van der Waals surface area contributed by atoms with Crippen molar-refractivity contribution in [3.05, 3.63) is 23.8 Å². The second-order valence-corrected chi connectivity index (χ2v) is 6.44. The Morgan fingerprint density at radius 3 is 2.96 bits per heavy atom. The summed E-state index contributed by atoms with van der Waals surface area (Å²) in [4.78, 5) is 27.1. The molecule has 8 nitrogen and oxygen atoms in total. The van der Waals surface area contributed by atoms with E-state index in [0.29, 0.717) is 31.1 Å². The summed E-state index contributed by atoms with van der Waals surface area (Å²) >= 11 is 0. The first-order valence-corrected chi connectivity index (χ1v) is 8.40. The molecule has 0 aliphatic carbocycles. The molecule has 2 atom stereocenters. The molecular weight excluding hydrogens is 328 g/mol. The van der Waals surface area contributed by atoms with Crippen LogP contribution in [0.3, 0.4) is 0 Å². The van der Waals surface area contributed by atoms with E-state index in [1.54, 1.807) is 4.90 Å². The molecule has 2 saturated heterocycles. The summed E-state index contributed by atoms with van der Waals surface area (Å²) in [5.74, 6) is 1.17. The van der Waals surface area contributed by atoms with Gasteiger partial charge in [0.2, 0.25) is 6.79 Å². The molecule has 0 saturated carbocycles. The third-order valence-electron chi connectivity index (χ3n) is 4.69. The highest BCUT2D eigenvalue weighted by Gasteiger charge is 2.47. The molecule has 3 heterocycles. The number of urea groups is 1.